The molecule has 1 aromatic heterocycles. The minimum Gasteiger partial charge on any atom is -0.480 e. The third-order valence-corrected chi connectivity index (χ3v) is 7.14. The number of anilines is 1. The zero-order chi connectivity index (χ0) is 21.4. The van der Waals surface area contributed by atoms with Crippen molar-refractivity contribution in [3.63, 3.8) is 0 Å². The molecule has 0 radical (unpaired) electrons. The minimum absolute atomic E-state index is 0.0288. The molecule has 2 aromatic carbocycles. The SMILES string of the molecule is CO/C(O)=c1/s/c(=C2/SC(=S)N(c3ccc(C)cc3)C2=O)n(-c2ccccc2)c1=N. The number of aromatic nitrogens is 1. The predicted octanol–water partition coefficient (Wildman–Crippen LogP) is 2.77. The summed E-state index contributed by atoms with van der Waals surface area (Å²) in [4.78, 5) is 15.3. The molecule has 9 heteroatoms. The molecule has 0 saturated carbocycles. The van der Waals surface area contributed by atoms with Gasteiger partial charge < -0.3 is 9.84 Å². The molecule has 3 aromatic rings. The molecule has 2 heterocycles. The van der Waals surface area contributed by atoms with Crippen LogP contribution < -0.4 is 19.6 Å². The van der Waals surface area contributed by atoms with Crippen molar-refractivity contribution in [1.82, 2.24) is 4.57 Å². The number of para-hydroxylation sites is 1. The van der Waals surface area contributed by atoms with Crippen LogP contribution in [0.25, 0.3) is 16.5 Å². The highest BCUT2D eigenvalue weighted by Gasteiger charge is 2.35. The second-order valence-electron chi connectivity index (χ2n) is 6.44. The summed E-state index contributed by atoms with van der Waals surface area (Å²) in [6, 6.07) is 16.8. The Labute approximate surface area is 185 Å². The molecule has 0 aliphatic carbocycles. The van der Waals surface area contributed by atoms with Gasteiger partial charge in [-0.05, 0) is 31.2 Å². The Morgan fingerprint density at radius 3 is 2.40 bits per heavy atom. The van der Waals surface area contributed by atoms with Crippen LogP contribution in [0.15, 0.2) is 54.6 Å². The monoisotopic (exact) mass is 455 g/mol. The predicted molar refractivity (Wildman–Crippen MR) is 124 cm³/mol. The van der Waals surface area contributed by atoms with Crippen LogP contribution in [0.3, 0.4) is 0 Å². The van der Waals surface area contributed by atoms with Crippen LogP contribution in [-0.4, -0.2) is 27.0 Å². The number of thioether (sulfide) groups is 1. The van der Waals surface area contributed by atoms with Crippen LogP contribution in [0.1, 0.15) is 5.56 Å². The number of methoxy groups -OCH3 is 1. The van der Waals surface area contributed by atoms with Gasteiger partial charge in [0.05, 0.1) is 12.8 Å². The van der Waals surface area contributed by atoms with Gasteiger partial charge in [-0.25, -0.2) is 0 Å². The number of aliphatic hydroxyl groups is 1. The van der Waals surface area contributed by atoms with Gasteiger partial charge in [-0.15, -0.1) is 11.3 Å². The Bertz CT molecular complexity index is 1330. The van der Waals surface area contributed by atoms with Gasteiger partial charge in [-0.2, -0.15) is 0 Å². The summed E-state index contributed by atoms with van der Waals surface area (Å²) in [6.45, 7) is 1.98. The molecular weight excluding hydrogens is 438 g/mol. The van der Waals surface area contributed by atoms with Crippen molar-refractivity contribution in [2.75, 3.05) is 12.0 Å². The maximum Gasteiger partial charge on any atom is 0.298 e. The van der Waals surface area contributed by atoms with E-state index in [1.54, 1.807) is 4.57 Å². The summed E-state index contributed by atoms with van der Waals surface area (Å²) >= 11 is 7.80. The standard InChI is InChI=1S/C21H17N3O3S3/c1-12-8-10-14(11-9-12)24-18(25)16(30-21(24)28)19-23(13-6-4-3-5-7-13)17(22)15(29-19)20(26)27-2/h3-11,22,26H,1-2H3/b19-16+,20-15+,22-17?. The number of hydrogen-bond donors (Lipinski definition) is 2. The van der Waals surface area contributed by atoms with E-state index in [0.717, 1.165) is 16.9 Å². The lowest BCUT2D eigenvalue weighted by Crippen LogP contribution is -2.33. The van der Waals surface area contributed by atoms with Crippen molar-refractivity contribution in [2.45, 2.75) is 6.92 Å². The molecule has 1 fully saturated rings. The molecule has 0 bridgehead atoms. The third kappa shape index (κ3) is 3.45. The highest BCUT2D eigenvalue weighted by Crippen LogP contribution is 2.35. The Hall–Kier alpha value is -2.88. The van der Waals surface area contributed by atoms with Gasteiger partial charge in [0.15, 0.2) is 14.3 Å². The van der Waals surface area contributed by atoms with Gasteiger partial charge in [-0.1, -0.05) is 59.9 Å². The average molecular weight is 456 g/mol. The smallest absolute Gasteiger partial charge is 0.298 e. The van der Waals surface area contributed by atoms with Crippen LogP contribution >= 0.6 is 35.3 Å². The number of benzene rings is 2. The van der Waals surface area contributed by atoms with Crippen molar-refractivity contribution in [2.24, 2.45) is 0 Å². The molecule has 1 amide bonds. The molecular formula is C21H17N3O3S3. The van der Waals surface area contributed by atoms with Crippen LogP contribution in [0.2, 0.25) is 0 Å². The number of nitrogens with one attached hydrogen (secondary N) is 1. The number of thiazole rings is 1. The first-order valence-corrected chi connectivity index (χ1v) is 10.9. The van der Waals surface area contributed by atoms with Crippen LogP contribution in [0.4, 0.5) is 5.69 Å². The van der Waals surface area contributed by atoms with E-state index < -0.39 is 0 Å². The average Bonchev–Trinajstić information content (AvgIpc) is 3.24. The number of carbonyl (C=O) groups is 1. The summed E-state index contributed by atoms with van der Waals surface area (Å²) in [6.07, 6.45) is 0. The van der Waals surface area contributed by atoms with Gasteiger partial charge in [0.25, 0.3) is 11.9 Å². The second kappa shape index (κ2) is 8.10. The topological polar surface area (TPSA) is 78.6 Å². The Balaban J connectivity index is 2.00. The molecule has 1 saturated heterocycles. The lowest BCUT2D eigenvalue weighted by atomic mass is 10.2. The summed E-state index contributed by atoms with van der Waals surface area (Å²) in [5.74, 6) is -0.627. The van der Waals surface area contributed by atoms with Crippen molar-refractivity contribution >= 4 is 62.1 Å². The van der Waals surface area contributed by atoms with E-state index in [4.69, 9.17) is 22.4 Å². The summed E-state index contributed by atoms with van der Waals surface area (Å²) in [5, 5.41) is 18.7. The fourth-order valence-corrected chi connectivity index (χ4v) is 5.54. The number of aliphatic hydroxyl groups excluding tert-OH is 1. The number of carbonyl (C=O) groups excluding carboxylic acids is 1. The zero-order valence-electron chi connectivity index (χ0n) is 16.1. The molecule has 1 aliphatic heterocycles. The zero-order valence-corrected chi connectivity index (χ0v) is 18.5. The minimum atomic E-state index is -0.366. The van der Waals surface area contributed by atoms with Crippen LogP contribution in [0, 0.1) is 12.3 Å². The van der Waals surface area contributed by atoms with Crippen molar-refractivity contribution in [1.29, 1.82) is 5.41 Å². The Morgan fingerprint density at radius 1 is 1.10 bits per heavy atom. The molecule has 6 nitrogen and oxygen atoms in total. The number of hydrogen-bond acceptors (Lipinski definition) is 7. The van der Waals surface area contributed by atoms with E-state index in [-0.39, 0.29) is 21.9 Å². The summed E-state index contributed by atoms with van der Waals surface area (Å²) < 4.78 is 7.73. The molecule has 152 valence electrons. The van der Waals surface area contributed by atoms with Gasteiger partial charge in [0, 0.05) is 5.69 Å². The van der Waals surface area contributed by atoms with Gasteiger partial charge in [-0.3, -0.25) is 19.7 Å². The molecule has 1 aliphatic rings. The van der Waals surface area contributed by atoms with Gasteiger partial charge in [0.1, 0.15) is 9.57 Å². The highest BCUT2D eigenvalue weighted by atomic mass is 32.2. The second-order valence-corrected chi connectivity index (χ2v) is 9.08. The van der Waals surface area contributed by atoms with E-state index in [9.17, 15) is 9.90 Å². The first kappa shape index (κ1) is 20.4. The van der Waals surface area contributed by atoms with Crippen molar-refractivity contribution in [3.05, 3.63) is 74.8 Å². The lowest BCUT2D eigenvalue weighted by Gasteiger charge is -2.14. The quantitative estimate of drug-likeness (QED) is 0.594. The number of aryl methyl sites for hydroxylation is 1. The molecule has 0 atom stereocenters. The molecule has 30 heavy (non-hydrogen) atoms. The van der Waals surface area contributed by atoms with Crippen molar-refractivity contribution in [3.8, 4) is 5.69 Å². The number of thiocarbonyl (C=S) groups is 1. The lowest BCUT2D eigenvalue weighted by molar-refractivity contribution is -0.112. The largest absolute Gasteiger partial charge is 0.480 e. The maximum atomic E-state index is 13.4. The van der Waals surface area contributed by atoms with Crippen molar-refractivity contribution < 1.29 is 14.6 Å². The van der Waals surface area contributed by atoms with E-state index in [1.165, 1.54) is 23.8 Å². The first-order chi connectivity index (χ1) is 14.4. The number of ether oxygens (including phenoxy) is 1. The van der Waals surface area contributed by atoms with Crippen LogP contribution in [0.5, 0.6) is 0 Å². The van der Waals surface area contributed by atoms with E-state index in [1.807, 2.05) is 61.5 Å². The summed E-state index contributed by atoms with van der Waals surface area (Å²) in [7, 11) is 1.33. The fraction of sp³-hybridized carbons (Fsp3) is 0.0952. The first-order valence-electron chi connectivity index (χ1n) is 8.88. The molecule has 0 spiro atoms. The van der Waals surface area contributed by atoms with Gasteiger partial charge >= 0.3 is 0 Å². The maximum absolute atomic E-state index is 13.4. The van der Waals surface area contributed by atoms with Crippen LogP contribution in [-0.2, 0) is 9.53 Å². The fourth-order valence-electron chi connectivity index (χ4n) is 3.02. The number of nitrogens with zero attached hydrogens (tertiary/aromatic N) is 2. The molecule has 2 N–H and O–H groups in total. The van der Waals surface area contributed by atoms with E-state index in [2.05, 4.69) is 0 Å². The third-order valence-electron chi connectivity index (χ3n) is 4.50. The Morgan fingerprint density at radius 2 is 1.77 bits per heavy atom. The van der Waals surface area contributed by atoms with E-state index >= 15 is 0 Å². The normalized spacial score (nSPS) is 16.8. The Kier molecular flexibility index (Phi) is 5.50. The molecule has 4 rings (SSSR count). The number of rotatable bonds is 3. The van der Waals surface area contributed by atoms with E-state index in [0.29, 0.717) is 25.3 Å². The molecule has 0 unspecified atom stereocenters. The summed E-state index contributed by atoms with van der Waals surface area (Å²) in [5.41, 5.74) is 2.51. The number of amides is 1. The highest BCUT2D eigenvalue weighted by molar-refractivity contribution is 8.31. The van der Waals surface area contributed by atoms with Gasteiger partial charge in [0.2, 0.25) is 0 Å².